The fourth-order valence-corrected chi connectivity index (χ4v) is 50.0. The maximum Gasteiger partial charge on any atom is 0.414 e. The minimum Gasteiger partial charge on any atom is -0.497 e. The lowest BCUT2D eigenvalue weighted by Gasteiger charge is -2.40. The molecule has 2 atom stereocenters. The summed E-state index contributed by atoms with van der Waals surface area (Å²) < 4.78 is 57.0. The van der Waals surface area contributed by atoms with Crippen LogP contribution in [0.3, 0.4) is 0 Å². The Bertz CT molecular complexity index is 2440. The highest BCUT2D eigenvalue weighted by Crippen LogP contribution is 3.04. The quantitative estimate of drug-likeness (QED) is 0.0789. The molecule has 3 amide bonds. The van der Waals surface area contributed by atoms with Gasteiger partial charge < -0.3 is 48.9 Å². The van der Waals surface area contributed by atoms with Gasteiger partial charge in [-0.3, -0.25) is 14.6 Å². The van der Waals surface area contributed by atoms with Gasteiger partial charge in [-0.2, -0.15) is 0 Å². The third-order valence-electron chi connectivity index (χ3n) is 11.3. The molecule has 0 spiro atoms. The Morgan fingerprint density at radius 3 is 1.38 bits per heavy atom. The Hall–Kier alpha value is -2.78. The molecule has 26 heteroatoms. The fraction of sp³-hybridized carbons (Fsp3) is 0.391. The van der Waals surface area contributed by atoms with Crippen molar-refractivity contribution in [3.8, 4) is 11.5 Å². The van der Waals surface area contributed by atoms with E-state index in [1.165, 1.54) is 39.5 Å². The summed E-state index contributed by atoms with van der Waals surface area (Å²) in [5.41, 5.74) is 1.98. The Morgan fingerprint density at radius 2 is 1.04 bits per heavy atom. The Labute approximate surface area is 465 Å². The van der Waals surface area contributed by atoms with Crippen LogP contribution in [-0.4, -0.2) is 128 Å². The van der Waals surface area contributed by atoms with Gasteiger partial charge in [0.2, 0.25) is 5.91 Å². The SMILES string of the molecule is CC(=O)NC[C@H]1CN(c2ccc(N3CCOCC3)c(F)c2)C(=O)O1.CC(=S)NC[C@H]1CN(c2ccc(N3CCOCC3)c(F)c2)C(=O)O1.COc1ccc(P2(=S)SP(=S)(c3ccc(OC)cc3)S2)cc1.II. The van der Waals surface area contributed by atoms with Crippen molar-refractivity contribution >= 4 is 160 Å². The molecule has 0 unspecified atom stereocenters. The molecule has 0 bridgehead atoms. The molecular formula is C46H54F2I2N6O9P2S5. The van der Waals surface area contributed by atoms with Crippen molar-refractivity contribution < 1.29 is 51.6 Å². The molecule has 2 N–H and O–H groups in total. The minimum absolute atomic E-state index is 0.189. The number of anilines is 4. The van der Waals surface area contributed by atoms with Crippen molar-refractivity contribution in [2.75, 3.05) is 113 Å². The lowest BCUT2D eigenvalue weighted by molar-refractivity contribution is -0.119. The van der Waals surface area contributed by atoms with Crippen LogP contribution in [-0.2, 0) is 47.4 Å². The molecule has 0 aliphatic carbocycles. The summed E-state index contributed by atoms with van der Waals surface area (Å²) in [6.45, 7) is 9.42. The van der Waals surface area contributed by atoms with Gasteiger partial charge in [-0.1, -0.05) is 57.8 Å². The van der Waals surface area contributed by atoms with Crippen molar-refractivity contribution in [3.05, 3.63) is 96.6 Å². The summed E-state index contributed by atoms with van der Waals surface area (Å²) in [6.07, 6.45) is -1.76. The number of benzene rings is 4. The summed E-state index contributed by atoms with van der Waals surface area (Å²) in [7, 11) is 3.34. The van der Waals surface area contributed by atoms with E-state index in [4.69, 9.17) is 64.3 Å². The Morgan fingerprint density at radius 1 is 0.667 bits per heavy atom. The molecule has 5 aliphatic heterocycles. The second-order valence-corrected chi connectivity index (χ2v) is 38.0. The number of thiocarbonyl (C=S) groups is 1. The van der Waals surface area contributed by atoms with Gasteiger partial charge in [0.1, 0.15) is 35.3 Å². The second kappa shape index (κ2) is 27.8. The van der Waals surface area contributed by atoms with Gasteiger partial charge in [-0.15, -0.1) is 0 Å². The number of nitrogens with one attached hydrogen (secondary N) is 2. The molecule has 5 saturated heterocycles. The number of hydrogen-bond acceptors (Lipinski definition) is 16. The summed E-state index contributed by atoms with van der Waals surface area (Å²) in [5, 5.41) is 8.02. The first-order valence-corrected chi connectivity index (χ1v) is 38.7. The highest BCUT2D eigenvalue weighted by atomic mass is 128. The molecule has 5 aliphatic rings. The zero-order chi connectivity index (χ0) is 52.0. The average Bonchev–Trinajstić information content (AvgIpc) is 3.96. The summed E-state index contributed by atoms with van der Waals surface area (Å²) in [6, 6.07) is 25.7. The van der Waals surface area contributed by atoms with Crippen molar-refractivity contribution in [3.63, 3.8) is 0 Å². The highest BCUT2D eigenvalue weighted by molar-refractivity contribution is 15.0. The van der Waals surface area contributed by atoms with E-state index in [1.54, 1.807) is 45.4 Å². The molecule has 0 radical (unpaired) electrons. The average molecular weight is 1350 g/mol. The summed E-state index contributed by atoms with van der Waals surface area (Å²) >= 11 is 24.7. The molecular weight excluding hydrogens is 1290 g/mol. The Kier molecular flexibility index (Phi) is 22.6. The molecule has 72 heavy (non-hydrogen) atoms. The van der Waals surface area contributed by atoms with E-state index in [0.29, 0.717) is 93.4 Å². The zero-order valence-corrected chi connectivity index (χ0v) is 49.8. The van der Waals surface area contributed by atoms with E-state index in [1.807, 2.05) is 56.1 Å². The lowest BCUT2D eigenvalue weighted by atomic mass is 10.2. The van der Waals surface area contributed by atoms with Gasteiger partial charge in [-0.25, -0.2) is 18.4 Å². The standard InChI is InChI=1S/C16H20FN3O4.C16H20FN3O3S.C14H14O2P2S4.I2/c1-11(21)18-9-13-10-20(16(22)24-13)12-2-3-15(14(17)8-12)19-4-6-23-7-5-19;1-11(24)18-9-13-10-20(16(21)23-13)12-2-3-15(14(17)8-12)19-4-6-22-7-5-19;1-15-11-3-7-13(8-4-11)17(19)21-18(20,22-17)14-9-5-12(16-2)6-10-14;1-2/h2-3,8,13H,4-7,9-10H2,1H3,(H,18,21);2-3,8,13H,4-7,9-10H2,1H3,(H,18,24);3-10H,1-2H3;/t2*13-;;/m00../s1. The monoisotopic (exact) mass is 1350 g/mol. The van der Waals surface area contributed by atoms with Gasteiger partial charge in [0.25, 0.3) is 0 Å². The number of amides is 3. The molecule has 5 fully saturated rings. The second-order valence-electron chi connectivity index (χ2n) is 16.1. The first-order valence-electron chi connectivity index (χ1n) is 22.3. The number of cyclic esters (lactones) is 2. The van der Waals surface area contributed by atoms with Crippen molar-refractivity contribution in [1.82, 2.24) is 10.6 Å². The topological polar surface area (TPSA) is 144 Å². The van der Waals surface area contributed by atoms with Gasteiger partial charge >= 0.3 is 12.2 Å². The van der Waals surface area contributed by atoms with Gasteiger partial charge in [0, 0.05) is 80.9 Å². The van der Waals surface area contributed by atoms with Gasteiger partial charge in [-0.05, 0) is 91.9 Å². The molecule has 9 rings (SSSR count). The minimum atomic E-state index is -1.66. The number of halogens is 4. The highest BCUT2D eigenvalue weighted by Gasteiger charge is 2.46. The van der Waals surface area contributed by atoms with Crippen LogP contribution >= 0.6 is 80.3 Å². The number of methoxy groups -OCH3 is 2. The normalized spacial score (nSPS) is 22.3. The van der Waals surface area contributed by atoms with Crippen LogP contribution < -0.4 is 50.3 Å². The number of rotatable bonds is 12. The predicted molar refractivity (Wildman–Crippen MR) is 316 cm³/mol. The maximum absolute atomic E-state index is 14.5. The van der Waals surface area contributed by atoms with Gasteiger partial charge in [0.05, 0.1) is 103 Å². The molecule has 0 aromatic heterocycles. The van der Waals surface area contributed by atoms with Gasteiger partial charge in [0.15, 0.2) is 0 Å². The van der Waals surface area contributed by atoms with E-state index in [9.17, 15) is 23.2 Å². The maximum atomic E-state index is 14.5. The molecule has 15 nitrogen and oxygen atoms in total. The number of carbonyl (C=O) groups excluding carboxylic acids is 3. The predicted octanol–water partition coefficient (Wildman–Crippen LogP) is 9.57. The Balaban J connectivity index is 0.000000174. The molecule has 5 heterocycles. The summed E-state index contributed by atoms with van der Waals surface area (Å²) in [5.74, 6) is 0.794. The first kappa shape index (κ1) is 58.5. The van der Waals surface area contributed by atoms with Crippen LogP contribution in [0.5, 0.6) is 11.5 Å². The third kappa shape index (κ3) is 15.7. The largest absolute Gasteiger partial charge is 0.497 e. The molecule has 390 valence electrons. The smallest absolute Gasteiger partial charge is 0.414 e. The number of hydrogen-bond donors (Lipinski definition) is 2. The van der Waals surface area contributed by atoms with Crippen molar-refractivity contribution in [1.29, 1.82) is 0 Å². The lowest BCUT2D eigenvalue weighted by Crippen LogP contribution is -2.36. The molecule has 4 aromatic carbocycles. The number of ether oxygens (including phenoxy) is 6. The van der Waals surface area contributed by atoms with Crippen molar-refractivity contribution in [2.24, 2.45) is 0 Å². The number of carbonyl (C=O) groups is 3. The van der Waals surface area contributed by atoms with Crippen LogP contribution in [0.25, 0.3) is 0 Å². The van der Waals surface area contributed by atoms with Crippen LogP contribution in [0, 0.1) is 11.6 Å². The van der Waals surface area contributed by atoms with E-state index in [0.717, 1.165) is 11.5 Å². The zero-order valence-electron chi connectivity index (χ0n) is 39.6. The number of nitrogens with zero attached hydrogens (tertiary/aromatic N) is 4. The fourth-order valence-electron chi connectivity index (χ4n) is 7.65. The summed E-state index contributed by atoms with van der Waals surface area (Å²) in [4.78, 5) is 42.3. The van der Waals surface area contributed by atoms with Crippen LogP contribution in [0.2, 0.25) is 0 Å². The van der Waals surface area contributed by atoms with E-state index in [2.05, 4.69) is 72.1 Å². The van der Waals surface area contributed by atoms with Crippen molar-refractivity contribution in [2.45, 2.75) is 26.1 Å². The van der Waals surface area contributed by atoms with E-state index >= 15 is 0 Å². The van der Waals surface area contributed by atoms with E-state index in [-0.39, 0.29) is 36.7 Å². The third-order valence-corrected chi connectivity index (χ3v) is 42.7. The number of morpholine rings is 2. The first-order chi connectivity index (χ1) is 34.6. The van der Waals surface area contributed by atoms with Crippen LogP contribution in [0.1, 0.15) is 13.8 Å². The van der Waals surface area contributed by atoms with Crippen LogP contribution in [0.15, 0.2) is 84.9 Å². The molecule has 0 saturated carbocycles. The van der Waals surface area contributed by atoms with E-state index < -0.39 is 27.2 Å². The molecule has 4 aromatic rings. The van der Waals surface area contributed by atoms with Crippen LogP contribution in [0.4, 0.5) is 41.1 Å².